The van der Waals surface area contributed by atoms with Gasteiger partial charge in [0.05, 0.1) is 13.2 Å². The van der Waals surface area contributed by atoms with Gasteiger partial charge < -0.3 is 14.5 Å². The van der Waals surface area contributed by atoms with Crippen molar-refractivity contribution in [3.63, 3.8) is 0 Å². The summed E-state index contributed by atoms with van der Waals surface area (Å²) in [6.07, 6.45) is 12.6. The predicted molar refractivity (Wildman–Crippen MR) is 135 cm³/mol. The van der Waals surface area contributed by atoms with E-state index in [9.17, 15) is 4.79 Å². The molecule has 5 nitrogen and oxygen atoms in total. The molecule has 33 heavy (non-hydrogen) atoms. The van der Waals surface area contributed by atoms with Crippen molar-refractivity contribution in [1.29, 1.82) is 0 Å². The topological polar surface area (TPSA) is 36.0 Å². The molecule has 1 amide bonds. The highest BCUT2D eigenvalue weighted by Gasteiger charge is 2.36. The number of carbonyl (C=O) groups is 1. The van der Waals surface area contributed by atoms with Crippen LogP contribution < -0.4 is 0 Å². The first-order chi connectivity index (χ1) is 15.9. The quantitative estimate of drug-likeness (QED) is 0.567. The van der Waals surface area contributed by atoms with E-state index >= 15 is 0 Å². The molecule has 0 aromatic carbocycles. The number of rotatable bonds is 5. The first-order valence-electron chi connectivity index (χ1n) is 13.3. The maximum Gasteiger partial charge on any atom is 0.226 e. The molecular weight excluding hydrogens is 410 g/mol. The Morgan fingerprint density at radius 3 is 2.30 bits per heavy atom. The molecule has 184 valence electrons. The summed E-state index contributed by atoms with van der Waals surface area (Å²) < 4.78 is 5.54. The van der Waals surface area contributed by atoms with Crippen molar-refractivity contribution >= 4 is 5.91 Å². The Balaban J connectivity index is 1.45. The Hall–Kier alpha value is -1.59. The van der Waals surface area contributed by atoms with Gasteiger partial charge in [-0.25, -0.2) is 0 Å². The van der Waals surface area contributed by atoms with Crippen molar-refractivity contribution in [2.24, 2.45) is 11.3 Å². The van der Waals surface area contributed by atoms with Gasteiger partial charge in [0, 0.05) is 62.3 Å². The summed E-state index contributed by atoms with van der Waals surface area (Å²) >= 11 is 0. The SMILES string of the molecule is C=C/C(=C\C1=C(C)C(C)(C)CN(C(=O)C2CCCCC2)C1)N1CCC(N2CCOCC2)CC1. The number of nitrogens with zero attached hydrogens (tertiary/aromatic N) is 3. The number of carbonyl (C=O) groups excluding carboxylic acids is 1. The second-order valence-corrected chi connectivity index (χ2v) is 11.2. The summed E-state index contributed by atoms with van der Waals surface area (Å²) in [5.41, 5.74) is 3.94. The monoisotopic (exact) mass is 455 g/mol. The fourth-order valence-electron chi connectivity index (χ4n) is 6.22. The molecule has 4 rings (SSSR count). The Bertz CT molecular complexity index is 764. The lowest BCUT2D eigenvalue weighted by Gasteiger charge is -2.43. The van der Waals surface area contributed by atoms with E-state index in [0.29, 0.717) is 11.9 Å². The summed E-state index contributed by atoms with van der Waals surface area (Å²) in [5.74, 6) is 0.615. The lowest BCUT2D eigenvalue weighted by atomic mass is 9.77. The Labute approximate surface area is 201 Å². The third-order valence-electron chi connectivity index (χ3n) is 8.63. The maximum atomic E-state index is 13.4. The van der Waals surface area contributed by atoms with Crippen LogP contribution >= 0.6 is 0 Å². The first kappa shape index (κ1) is 24.5. The minimum atomic E-state index is 0.00399. The number of allylic oxidation sites excluding steroid dienone is 1. The standard InChI is InChI=1S/C28H45N3O2/c1-5-25(29-13-11-26(12-14-29)30-15-17-33-18-16-30)19-24-20-31(21-28(3,4)22(24)2)27(32)23-9-7-6-8-10-23/h5,19,23,26H,1,6-18,20-21H2,2-4H3/b25-19+. The predicted octanol–water partition coefficient (Wildman–Crippen LogP) is 4.62. The van der Waals surface area contributed by atoms with Crippen molar-refractivity contribution in [2.75, 3.05) is 52.5 Å². The van der Waals surface area contributed by atoms with Crippen LogP contribution in [0.4, 0.5) is 0 Å². The maximum absolute atomic E-state index is 13.4. The molecule has 4 aliphatic rings. The van der Waals surface area contributed by atoms with Gasteiger partial charge in [-0.05, 0) is 50.3 Å². The molecule has 0 N–H and O–H groups in total. The molecular formula is C28H45N3O2. The lowest BCUT2D eigenvalue weighted by Crippen LogP contribution is -2.49. The third kappa shape index (κ3) is 5.74. The van der Waals surface area contributed by atoms with Crippen molar-refractivity contribution in [3.8, 4) is 0 Å². The number of piperidine rings is 1. The molecule has 3 heterocycles. The van der Waals surface area contributed by atoms with Crippen LogP contribution in [0, 0.1) is 11.3 Å². The molecule has 0 aromatic rings. The number of morpholine rings is 1. The lowest BCUT2D eigenvalue weighted by molar-refractivity contribution is -0.137. The largest absolute Gasteiger partial charge is 0.379 e. The molecule has 0 spiro atoms. The Kier molecular flexibility index (Phi) is 8.01. The highest BCUT2D eigenvalue weighted by molar-refractivity contribution is 5.79. The van der Waals surface area contributed by atoms with Gasteiger partial charge in [-0.15, -0.1) is 0 Å². The van der Waals surface area contributed by atoms with E-state index in [4.69, 9.17) is 4.74 Å². The van der Waals surface area contributed by atoms with E-state index < -0.39 is 0 Å². The van der Waals surface area contributed by atoms with Crippen LogP contribution in [0.2, 0.25) is 0 Å². The van der Waals surface area contributed by atoms with Crippen LogP contribution in [0.25, 0.3) is 0 Å². The van der Waals surface area contributed by atoms with Gasteiger partial charge in [-0.3, -0.25) is 9.69 Å². The van der Waals surface area contributed by atoms with E-state index in [2.05, 4.69) is 48.1 Å². The summed E-state index contributed by atoms with van der Waals surface area (Å²) in [6.45, 7) is 18.6. The van der Waals surface area contributed by atoms with Crippen molar-refractivity contribution in [3.05, 3.63) is 35.6 Å². The highest BCUT2D eigenvalue weighted by Crippen LogP contribution is 2.37. The summed E-state index contributed by atoms with van der Waals surface area (Å²) in [4.78, 5) is 20.6. The molecule has 1 saturated carbocycles. The van der Waals surface area contributed by atoms with Crippen LogP contribution in [-0.2, 0) is 9.53 Å². The normalized spacial score (nSPS) is 26.6. The van der Waals surface area contributed by atoms with Gasteiger partial charge in [-0.1, -0.05) is 45.3 Å². The number of ether oxygens (including phenoxy) is 1. The molecule has 0 radical (unpaired) electrons. The van der Waals surface area contributed by atoms with Crippen LogP contribution in [0.5, 0.6) is 0 Å². The Morgan fingerprint density at radius 1 is 1.00 bits per heavy atom. The summed E-state index contributed by atoms with van der Waals surface area (Å²) in [6, 6.07) is 0.675. The van der Waals surface area contributed by atoms with E-state index in [1.54, 1.807) is 0 Å². The average molecular weight is 456 g/mol. The second kappa shape index (κ2) is 10.8. The van der Waals surface area contributed by atoms with Gasteiger partial charge in [0.25, 0.3) is 0 Å². The summed E-state index contributed by atoms with van der Waals surface area (Å²) in [5, 5.41) is 0. The fraction of sp³-hybridized carbons (Fsp3) is 0.750. The number of likely N-dealkylation sites (tertiary alicyclic amines) is 1. The smallest absolute Gasteiger partial charge is 0.226 e. The van der Waals surface area contributed by atoms with Crippen LogP contribution in [0.15, 0.2) is 35.6 Å². The minimum absolute atomic E-state index is 0.00399. The van der Waals surface area contributed by atoms with Crippen molar-refractivity contribution in [2.45, 2.75) is 71.8 Å². The van der Waals surface area contributed by atoms with Crippen molar-refractivity contribution in [1.82, 2.24) is 14.7 Å². The zero-order valence-corrected chi connectivity index (χ0v) is 21.3. The Morgan fingerprint density at radius 2 is 1.67 bits per heavy atom. The molecule has 1 aliphatic carbocycles. The molecule has 0 unspecified atom stereocenters. The molecule has 2 saturated heterocycles. The van der Waals surface area contributed by atoms with Crippen molar-refractivity contribution < 1.29 is 9.53 Å². The van der Waals surface area contributed by atoms with E-state index in [1.165, 1.54) is 48.9 Å². The molecule has 3 aliphatic heterocycles. The number of amides is 1. The van der Waals surface area contributed by atoms with Gasteiger partial charge in [0.15, 0.2) is 0 Å². The van der Waals surface area contributed by atoms with Gasteiger partial charge in [0.2, 0.25) is 5.91 Å². The molecule has 0 bridgehead atoms. The van der Waals surface area contributed by atoms with E-state index in [0.717, 1.165) is 65.3 Å². The molecule has 0 aromatic heterocycles. The number of hydrogen-bond donors (Lipinski definition) is 0. The van der Waals surface area contributed by atoms with E-state index in [-0.39, 0.29) is 11.3 Å². The van der Waals surface area contributed by atoms with Gasteiger partial charge in [-0.2, -0.15) is 0 Å². The van der Waals surface area contributed by atoms with Gasteiger partial charge in [0.1, 0.15) is 0 Å². The zero-order chi connectivity index (χ0) is 23.4. The average Bonchev–Trinajstić information content (AvgIpc) is 2.85. The molecule has 3 fully saturated rings. The highest BCUT2D eigenvalue weighted by atomic mass is 16.5. The minimum Gasteiger partial charge on any atom is -0.379 e. The van der Waals surface area contributed by atoms with Crippen LogP contribution in [-0.4, -0.2) is 79.1 Å². The van der Waals surface area contributed by atoms with E-state index in [1.807, 2.05) is 6.08 Å². The molecule has 5 heteroatoms. The molecule has 0 atom stereocenters. The van der Waals surface area contributed by atoms with Gasteiger partial charge >= 0.3 is 0 Å². The zero-order valence-electron chi connectivity index (χ0n) is 21.3. The summed E-state index contributed by atoms with van der Waals surface area (Å²) in [7, 11) is 0. The van der Waals surface area contributed by atoms with Crippen LogP contribution in [0.3, 0.4) is 0 Å². The fourth-order valence-corrected chi connectivity index (χ4v) is 6.22. The van der Waals surface area contributed by atoms with Crippen LogP contribution in [0.1, 0.15) is 65.7 Å². The third-order valence-corrected chi connectivity index (χ3v) is 8.63. The first-order valence-corrected chi connectivity index (χ1v) is 13.3. The number of hydrogen-bond acceptors (Lipinski definition) is 4. The second-order valence-electron chi connectivity index (χ2n) is 11.2.